The fourth-order valence-electron chi connectivity index (χ4n) is 1.57. The molecule has 0 unspecified atom stereocenters. The first-order valence-corrected chi connectivity index (χ1v) is 8.95. The molecule has 0 aliphatic carbocycles. The molecule has 20 heavy (non-hydrogen) atoms. The minimum Gasteiger partial charge on any atom is -0.508 e. The van der Waals surface area contributed by atoms with E-state index in [9.17, 15) is 13.5 Å². The lowest BCUT2D eigenvalue weighted by Crippen LogP contribution is -2.12. The quantitative estimate of drug-likeness (QED) is 0.761. The van der Waals surface area contributed by atoms with Gasteiger partial charge in [0.1, 0.15) is 9.96 Å². The molecular formula is C12H11BrClNO3S2. The number of aryl methyl sites for hydroxylation is 2. The van der Waals surface area contributed by atoms with Gasteiger partial charge in [0.05, 0.1) is 14.5 Å². The fourth-order valence-corrected chi connectivity index (χ4v) is 5.09. The third kappa shape index (κ3) is 3.11. The molecular weight excluding hydrogens is 386 g/mol. The molecule has 2 N–H and O–H groups in total. The smallest absolute Gasteiger partial charge is 0.271 e. The van der Waals surface area contributed by atoms with Gasteiger partial charge in [-0.15, -0.1) is 11.3 Å². The molecule has 0 atom stereocenters. The van der Waals surface area contributed by atoms with Gasteiger partial charge in [0.25, 0.3) is 10.0 Å². The summed E-state index contributed by atoms with van der Waals surface area (Å²) in [7, 11) is -3.69. The van der Waals surface area contributed by atoms with Crippen molar-refractivity contribution in [1.29, 1.82) is 0 Å². The van der Waals surface area contributed by atoms with Gasteiger partial charge in [-0.05, 0) is 59.1 Å². The molecule has 1 aromatic carbocycles. The Morgan fingerprint density at radius 2 is 1.90 bits per heavy atom. The minimum atomic E-state index is -3.69. The van der Waals surface area contributed by atoms with Crippen LogP contribution in [0.25, 0.3) is 0 Å². The summed E-state index contributed by atoms with van der Waals surface area (Å²) in [4.78, 5) is 0. The lowest BCUT2D eigenvalue weighted by Gasteiger charge is -2.11. The molecule has 0 radical (unpaired) electrons. The summed E-state index contributed by atoms with van der Waals surface area (Å²) in [6.07, 6.45) is 0. The molecule has 0 bridgehead atoms. The Bertz CT molecular complexity index is 752. The number of thiophene rings is 1. The molecule has 1 aromatic heterocycles. The van der Waals surface area contributed by atoms with E-state index in [1.807, 2.05) is 0 Å². The number of hydrogen-bond donors (Lipinski definition) is 2. The van der Waals surface area contributed by atoms with Crippen molar-refractivity contribution in [3.63, 3.8) is 0 Å². The van der Waals surface area contributed by atoms with Crippen LogP contribution in [0.1, 0.15) is 11.1 Å². The number of sulfonamides is 1. The van der Waals surface area contributed by atoms with Gasteiger partial charge in [-0.25, -0.2) is 8.42 Å². The largest absolute Gasteiger partial charge is 0.508 e. The van der Waals surface area contributed by atoms with Crippen LogP contribution in [0.2, 0.25) is 5.02 Å². The molecule has 0 spiro atoms. The van der Waals surface area contributed by atoms with Crippen LogP contribution < -0.4 is 4.72 Å². The Labute approximate surface area is 134 Å². The van der Waals surface area contributed by atoms with Gasteiger partial charge in [-0.2, -0.15) is 0 Å². The standard InChI is InChI=1S/C12H11BrClNO3S2/c1-6-4-10(16)7(2)3-9(6)15-20(17,18)11-5-8(14)12(13)19-11/h3-5,15-16H,1-2H3. The Balaban J connectivity index is 2.40. The van der Waals surface area contributed by atoms with E-state index in [1.54, 1.807) is 19.9 Å². The van der Waals surface area contributed by atoms with E-state index in [1.165, 1.54) is 12.1 Å². The number of phenolic OH excluding ortho intramolecular Hbond substituents is 1. The Kier molecular flexibility index (Phi) is 4.34. The first-order chi connectivity index (χ1) is 9.20. The van der Waals surface area contributed by atoms with Gasteiger partial charge >= 0.3 is 0 Å². The second-order valence-corrected chi connectivity index (χ2v) is 8.93. The van der Waals surface area contributed by atoms with Crippen LogP contribution in [0.3, 0.4) is 0 Å². The molecule has 0 saturated heterocycles. The van der Waals surface area contributed by atoms with Crippen LogP contribution in [0, 0.1) is 13.8 Å². The molecule has 1 heterocycles. The number of rotatable bonds is 3. The summed E-state index contributed by atoms with van der Waals surface area (Å²) in [6.45, 7) is 3.42. The average Bonchev–Trinajstić information content (AvgIpc) is 2.67. The summed E-state index contributed by atoms with van der Waals surface area (Å²) >= 11 is 10.1. The summed E-state index contributed by atoms with van der Waals surface area (Å²) in [6, 6.07) is 4.50. The van der Waals surface area contributed by atoms with Crippen LogP contribution in [0.4, 0.5) is 5.69 Å². The van der Waals surface area contributed by atoms with Crippen LogP contribution in [0.5, 0.6) is 5.75 Å². The van der Waals surface area contributed by atoms with Crippen molar-refractivity contribution in [2.75, 3.05) is 4.72 Å². The third-order valence-electron chi connectivity index (χ3n) is 2.67. The zero-order valence-electron chi connectivity index (χ0n) is 10.6. The van der Waals surface area contributed by atoms with Crippen LogP contribution in [-0.4, -0.2) is 13.5 Å². The van der Waals surface area contributed by atoms with Gasteiger partial charge in [-0.3, -0.25) is 4.72 Å². The number of benzene rings is 1. The predicted molar refractivity (Wildman–Crippen MR) is 85.4 cm³/mol. The minimum absolute atomic E-state index is 0.125. The highest BCUT2D eigenvalue weighted by Crippen LogP contribution is 2.36. The molecule has 2 rings (SSSR count). The number of nitrogens with one attached hydrogen (secondary N) is 1. The maximum absolute atomic E-state index is 12.3. The summed E-state index contributed by atoms with van der Waals surface area (Å²) in [5.74, 6) is 0.132. The van der Waals surface area contributed by atoms with Crippen LogP contribution >= 0.6 is 38.9 Å². The Morgan fingerprint density at radius 3 is 2.45 bits per heavy atom. The van der Waals surface area contributed by atoms with Crippen molar-refractivity contribution in [2.24, 2.45) is 0 Å². The molecule has 0 saturated carbocycles. The molecule has 0 aliphatic heterocycles. The van der Waals surface area contributed by atoms with Crippen LogP contribution in [0.15, 0.2) is 26.2 Å². The normalized spacial score (nSPS) is 11.6. The predicted octanol–water partition coefficient (Wildman–Crippen LogP) is 4.29. The second kappa shape index (κ2) is 5.55. The van der Waals surface area contributed by atoms with E-state index < -0.39 is 10.0 Å². The monoisotopic (exact) mass is 395 g/mol. The van der Waals surface area contributed by atoms with Gasteiger partial charge < -0.3 is 5.11 Å². The molecule has 2 aromatic rings. The highest BCUT2D eigenvalue weighted by molar-refractivity contribution is 9.11. The van der Waals surface area contributed by atoms with Crippen LogP contribution in [-0.2, 0) is 10.0 Å². The topological polar surface area (TPSA) is 66.4 Å². The summed E-state index contributed by atoms with van der Waals surface area (Å²) < 4.78 is 27.7. The molecule has 0 aliphatic rings. The number of phenols is 1. The fraction of sp³-hybridized carbons (Fsp3) is 0.167. The van der Waals surface area contributed by atoms with Crippen molar-refractivity contribution in [3.8, 4) is 5.75 Å². The lowest BCUT2D eigenvalue weighted by molar-refractivity contribution is 0.471. The number of aromatic hydroxyl groups is 1. The first kappa shape index (κ1) is 15.6. The first-order valence-electron chi connectivity index (χ1n) is 5.48. The van der Waals surface area contributed by atoms with Gasteiger partial charge in [0.2, 0.25) is 0 Å². The molecule has 8 heteroatoms. The van der Waals surface area contributed by atoms with E-state index in [-0.39, 0.29) is 9.96 Å². The zero-order valence-corrected chi connectivity index (χ0v) is 14.5. The summed E-state index contributed by atoms with van der Waals surface area (Å²) in [5.41, 5.74) is 1.66. The number of anilines is 1. The lowest BCUT2D eigenvalue weighted by atomic mass is 10.1. The molecule has 108 valence electrons. The van der Waals surface area contributed by atoms with Gasteiger partial charge in [0.15, 0.2) is 0 Å². The second-order valence-electron chi connectivity index (χ2n) is 4.25. The number of hydrogen-bond acceptors (Lipinski definition) is 4. The highest BCUT2D eigenvalue weighted by atomic mass is 79.9. The SMILES string of the molecule is Cc1cc(NS(=O)(=O)c2cc(Cl)c(Br)s2)c(C)cc1O. The van der Waals surface area contributed by atoms with E-state index in [0.29, 0.717) is 25.6 Å². The maximum Gasteiger partial charge on any atom is 0.271 e. The van der Waals surface area contributed by atoms with Crippen molar-refractivity contribution in [3.05, 3.63) is 38.1 Å². The Hall–Kier alpha value is -0.760. The van der Waals surface area contributed by atoms with Crippen molar-refractivity contribution >= 4 is 54.6 Å². The molecule has 4 nitrogen and oxygen atoms in total. The van der Waals surface area contributed by atoms with Crippen molar-refractivity contribution in [2.45, 2.75) is 18.1 Å². The van der Waals surface area contributed by atoms with Crippen molar-refractivity contribution in [1.82, 2.24) is 0 Å². The van der Waals surface area contributed by atoms with E-state index in [4.69, 9.17) is 11.6 Å². The van der Waals surface area contributed by atoms with E-state index in [0.717, 1.165) is 11.3 Å². The average molecular weight is 397 g/mol. The summed E-state index contributed by atoms with van der Waals surface area (Å²) in [5, 5.41) is 9.94. The van der Waals surface area contributed by atoms with Crippen molar-refractivity contribution < 1.29 is 13.5 Å². The maximum atomic E-state index is 12.3. The Morgan fingerprint density at radius 1 is 1.25 bits per heavy atom. The third-order valence-corrected chi connectivity index (χ3v) is 6.99. The van der Waals surface area contributed by atoms with E-state index in [2.05, 4.69) is 20.7 Å². The van der Waals surface area contributed by atoms with Gasteiger partial charge in [0, 0.05) is 0 Å². The molecule has 0 amide bonds. The molecule has 0 fully saturated rings. The highest BCUT2D eigenvalue weighted by Gasteiger charge is 2.20. The van der Waals surface area contributed by atoms with E-state index >= 15 is 0 Å². The van der Waals surface area contributed by atoms with Gasteiger partial charge in [-0.1, -0.05) is 11.6 Å². The number of halogens is 2. The zero-order chi connectivity index (χ0) is 15.1.